The van der Waals surface area contributed by atoms with Gasteiger partial charge >= 0.3 is 6.18 Å². The maximum Gasteiger partial charge on any atom is 0.416 e. The van der Waals surface area contributed by atoms with Gasteiger partial charge in [0.1, 0.15) is 5.75 Å². The number of aromatic amines is 1. The molecular weight excluding hydrogens is 521 g/mol. The van der Waals surface area contributed by atoms with Crippen LogP contribution in [0.4, 0.5) is 13.2 Å². The molecule has 0 radical (unpaired) electrons. The Bertz CT molecular complexity index is 1420. The molecule has 1 saturated carbocycles. The smallest absolute Gasteiger partial charge is 0.416 e. The molecule has 1 spiro atoms. The van der Waals surface area contributed by atoms with Gasteiger partial charge in [-0.15, -0.1) is 10.2 Å². The summed E-state index contributed by atoms with van der Waals surface area (Å²) in [5.41, 5.74) is 1.42. The minimum absolute atomic E-state index is 0.0312. The largest absolute Gasteiger partial charge is 0.470 e. The number of alkyl halides is 3. The van der Waals surface area contributed by atoms with Crippen LogP contribution in [0.1, 0.15) is 61.6 Å². The van der Waals surface area contributed by atoms with E-state index in [1.165, 1.54) is 11.6 Å². The predicted molar refractivity (Wildman–Crippen MR) is 139 cm³/mol. The molecule has 1 aromatic heterocycles. The van der Waals surface area contributed by atoms with Gasteiger partial charge in [0.25, 0.3) is 0 Å². The van der Waals surface area contributed by atoms with Crippen LogP contribution in [0.25, 0.3) is 11.4 Å². The zero-order valence-corrected chi connectivity index (χ0v) is 22.2. The zero-order valence-electron chi connectivity index (χ0n) is 22.2. The van der Waals surface area contributed by atoms with E-state index in [2.05, 4.69) is 44.6 Å². The summed E-state index contributed by atoms with van der Waals surface area (Å²) in [7, 11) is 0. The maximum absolute atomic E-state index is 13.8. The summed E-state index contributed by atoms with van der Waals surface area (Å²) in [6, 6.07) is 12.2. The van der Waals surface area contributed by atoms with Crippen LogP contribution in [0.3, 0.4) is 0 Å². The molecule has 8 nitrogen and oxygen atoms in total. The first-order valence-electron chi connectivity index (χ1n) is 14.0. The number of aromatic nitrogens is 4. The molecule has 4 atom stereocenters. The van der Waals surface area contributed by atoms with E-state index in [9.17, 15) is 18.0 Å². The molecule has 4 aliphatic rings. The normalized spacial score (nSPS) is 29.1. The zero-order chi connectivity index (χ0) is 27.6. The van der Waals surface area contributed by atoms with E-state index in [1.807, 2.05) is 12.1 Å². The van der Waals surface area contributed by atoms with Crippen LogP contribution in [-0.2, 0) is 17.5 Å². The number of carbonyl (C=O) groups excluding carboxylic acids is 1. The third-order valence-electron chi connectivity index (χ3n) is 9.80. The van der Waals surface area contributed by atoms with E-state index >= 15 is 0 Å². The van der Waals surface area contributed by atoms with Gasteiger partial charge in [0.15, 0.2) is 6.23 Å². The van der Waals surface area contributed by atoms with Gasteiger partial charge in [0, 0.05) is 23.1 Å². The van der Waals surface area contributed by atoms with Crippen LogP contribution >= 0.6 is 0 Å². The number of H-pyrrole nitrogens is 1. The summed E-state index contributed by atoms with van der Waals surface area (Å²) in [5, 5.41) is 14.4. The lowest BCUT2D eigenvalue weighted by Crippen LogP contribution is -2.42. The van der Waals surface area contributed by atoms with E-state index in [-0.39, 0.29) is 18.4 Å². The Morgan fingerprint density at radius 3 is 2.67 bits per heavy atom. The SMILES string of the molecule is CC1C2Oc3ccc(C(F)(F)F)cc3CN2C(=O)[C@]12CC[C@@H](N1CCC(c3cccc(-c4nn[nH]n4)c3)CC1)C2. The number of carbonyl (C=O) groups is 1. The number of amides is 1. The molecule has 3 aromatic rings. The molecule has 2 unspecified atom stereocenters. The van der Waals surface area contributed by atoms with Gasteiger partial charge in [-0.2, -0.15) is 18.4 Å². The number of nitrogens with one attached hydrogen (secondary N) is 1. The first-order valence-corrected chi connectivity index (χ1v) is 14.0. The van der Waals surface area contributed by atoms with E-state index in [0.29, 0.717) is 29.1 Å². The molecular formula is C29H31F3N6O2. The summed E-state index contributed by atoms with van der Waals surface area (Å²) < 4.78 is 46.0. The van der Waals surface area contributed by atoms with Crippen LogP contribution in [-0.4, -0.2) is 61.7 Å². The molecule has 1 N–H and O–H groups in total. The Labute approximate surface area is 229 Å². The second-order valence-electron chi connectivity index (χ2n) is 11.8. The minimum Gasteiger partial charge on any atom is -0.470 e. The lowest BCUT2D eigenvalue weighted by molar-refractivity contribution is -0.140. The van der Waals surface area contributed by atoms with Crippen LogP contribution < -0.4 is 4.74 Å². The van der Waals surface area contributed by atoms with Crippen LogP contribution in [0.15, 0.2) is 42.5 Å². The summed E-state index contributed by atoms with van der Waals surface area (Å²) >= 11 is 0. The highest BCUT2D eigenvalue weighted by atomic mass is 19.4. The van der Waals surface area contributed by atoms with Crippen molar-refractivity contribution in [2.75, 3.05) is 13.1 Å². The number of tetrazole rings is 1. The minimum atomic E-state index is -4.43. The van der Waals surface area contributed by atoms with Gasteiger partial charge in [-0.1, -0.05) is 25.1 Å². The molecule has 3 aliphatic heterocycles. The standard InChI is InChI=1S/C29H31F3N6O2/c1-17-26-38(16-21-14-22(29(30,31)32)5-6-24(21)40-26)27(39)28(17)10-7-23(15-28)37-11-8-18(9-12-37)19-3-2-4-20(13-19)25-33-35-36-34-25/h2-6,13-14,17-18,23,26H,7-12,15-16H2,1H3,(H,33,34,35,36)/t17?,23-,26?,28+/m1/s1. The first-order chi connectivity index (χ1) is 19.2. The summed E-state index contributed by atoms with van der Waals surface area (Å²) in [5.74, 6) is 1.49. The Morgan fingerprint density at radius 2 is 1.93 bits per heavy atom. The van der Waals surface area contributed by atoms with Crippen molar-refractivity contribution in [2.45, 2.75) is 69.9 Å². The van der Waals surface area contributed by atoms with Crippen molar-refractivity contribution in [1.82, 2.24) is 30.4 Å². The van der Waals surface area contributed by atoms with Crippen molar-refractivity contribution < 1.29 is 22.7 Å². The van der Waals surface area contributed by atoms with Gasteiger partial charge in [0.2, 0.25) is 11.7 Å². The number of hydrogen-bond donors (Lipinski definition) is 1. The summed E-state index contributed by atoms with van der Waals surface area (Å²) in [6.07, 6.45) is -0.295. The lowest BCUT2D eigenvalue weighted by Gasteiger charge is -2.37. The number of nitrogens with zero attached hydrogens (tertiary/aromatic N) is 5. The fraction of sp³-hybridized carbons (Fsp3) is 0.517. The van der Waals surface area contributed by atoms with Gasteiger partial charge in [-0.25, -0.2) is 0 Å². The molecule has 1 amide bonds. The molecule has 4 heterocycles. The van der Waals surface area contributed by atoms with E-state index in [4.69, 9.17) is 4.74 Å². The maximum atomic E-state index is 13.8. The fourth-order valence-corrected chi connectivity index (χ4v) is 7.56. The second-order valence-corrected chi connectivity index (χ2v) is 11.8. The number of fused-ring (bicyclic) bond motifs is 2. The summed E-state index contributed by atoms with van der Waals surface area (Å²) in [4.78, 5) is 18.1. The van der Waals surface area contributed by atoms with Gasteiger partial charge in [-0.05, 0) is 86.2 Å². The Morgan fingerprint density at radius 1 is 1.10 bits per heavy atom. The van der Waals surface area contributed by atoms with E-state index in [1.54, 1.807) is 4.90 Å². The highest BCUT2D eigenvalue weighted by Crippen LogP contribution is 2.55. The highest BCUT2D eigenvalue weighted by Gasteiger charge is 2.62. The molecule has 7 rings (SSSR count). The van der Waals surface area contributed by atoms with Crippen molar-refractivity contribution in [3.63, 3.8) is 0 Å². The Kier molecular flexibility index (Phi) is 5.92. The quantitative estimate of drug-likeness (QED) is 0.492. The third-order valence-corrected chi connectivity index (χ3v) is 9.80. The third kappa shape index (κ3) is 4.08. The first kappa shape index (κ1) is 25.5. The van der Waals surface area contributed by atoms with Gasteiger partial charge < -0.3 is 14.5 Å². The molecule has 1 aliphatic carbocycles. The monoisotopic (exact) mass is 552 g/mol. The fourth-order valence-electron chi connectivity index (χ4n) is 7.56. The van der Waals surface area contributed by atoms with E-state index < -0.39 is 23.4 Å². The van der Waals surface area contributed by atoms with Crippen LogP contribution in [0, 0.1) is 11.3 Å². The number of piperidine rings is 1. The van der Waals surface area contributed by atoms with Gasteiger partial charge in [0.05, 0.1) is 17.5 Å². The number of rotatable bonds is 3. The van der Waals surface area contributed by atoms with Crippen molar-refractivity contribution in [2.24, 2.45) is 11.3 Å². The van der Waals surface area contributed by atoms with Crippen LogP contribution in [0.5, 0.6) is 5.75 Å². The molecule has 0 bridgehead atoms. The van der Waals surface area contributed by atoms with Crippen molar-refractivity contribution in [3.05, 3.63) is 59.2 Å². The Balaban J connectivity index is 1.02. The Hall–Kier alpha value is -3.47. The molecule has 3 fully saturated rings. The molecule has 2 aromatic carbocycles. The average Bonchev–Trinajstić information content (AvgIpc) is 3.70. The highest BCUT2D eigenvalue weighted by molar-refractivity contribution is 5.86. The number of likely N-dealkylation sites (tertiary alicyclic amines) is 1. The average molecular weight is 553 g/mol. The number of hydrogen-bond acceptors (Lipinski definition) is 6. The number of halogens is 3. The lowest BCUT2D eigenvalue weighted by atomic mass is 9.76. The van der Waals surface area contributed by atoms with Crippen molar-refractivity contribution in [3.8, 4) is 17.1 Å². The topological polar surface area (TPSA) is 87.2 Å². The van der Waals surface area contributed by atoms with Crippen molar-refractivity contribution in [1.29, 1.82) is 0 Å². The predicted octanol–water partition coefficient (Wildman–Crippen LogP) is 5.00. The molecule has 210 valence electrons. The van der Waals surface area contributed by atoms with E-state index in [0.717, 1.165) is 62.9 Å². The number of benzene rings is 2. The van der Waals surface area contributed by atoms with Crippen LogP contribution in [0.2, 0.25) is 0 Å². The molecule has 2 saturated heterocycles. The second kappa shape index (κ2) is 9.29. The molecule has 40 heavy (non-hydrogen) atoms. The molecule has 11 heteroatoms. The van der Waals surface area contributed by atoms with Gasteiger partial charge in [-0.3, -0.25) is 4.79 Å². The summed E-state index contributed by atoms with van der Waals surface area (Å²) in [6.45, 7) is 4.17. The van der Waals surface area contributed by atoms with Crippen molar-refractivity contribution >= 4 is 5.91 Å². The number of ether oxygens (including phenoxy) is 1.